The molecular formula is C37H38N6O2. The quantitative estimate of drug-likeness (QED) is 0.329. The van der Waals surface area contributed by atoms with Crippen LogP contribution in [0.5, 0.6) is 5.88 Å². The summed E-state index contributed by atoms with van der Waals surface area (Å²) < 4.78 is 6.62. The summed E-state index contributed by atoms with van der Waals surface area (Å²) in [6.07, 6.45) is 8.54. The number of rotatable bonds is 7. The molecule has 3 aliphatic heterocycles. The summed E-state index contributed by atoms with van der Waals surface area (Å²) >= 11 is 0. The minimum atomic E-state index is -0.310. The largest absolute Gasteiger partial charge is 0.475 e. The van der Waals surface area contributed by atoms with E-state index in [2.05, 4.69) is 64.9 Å². The average Bonchev–Trinajstić information content (AvgIpc) is 3.34. The zero-order valence-corrected chi connectivity index (χ0v) is 25.7. The number of carbonyl (C=O) groups is 1. The Morgan fingerprint density at radius 3 is 2.76 bits per heavy atom. The van der Waals surface area contributed by atoms with E-state index in [1.54, 1.807) is 4.90 Å². The van der Waals surface area contributed by atoms with Crippen molar-refractivity contribution in [1.82, 2.24) is 14.8 Å². The van der Waals surface area contributed by atoms with Gasteiger partial charge in [0.05, 0.1) is 35.3 Å². The lowest BCUT2D eigenvalue weighted by Crippen LogP contribution is -2.55. The number of anilines is 1. The summed E-state index contributed by atoms with van der Waals surface area (Å²) in [5.41, 5.74) is 7.42. The molecule has 4 heterocycles. The molecule has 2 aromatic carbocycles. The van der Waals surface area contributed by atoms with Gasteiger partial charge < -0.3 is 14.5 Å². The summed E-state index contributed by atoms with van der Waals surface area (Å²) in [6.45, 7) is 7.80. The Bertz CT molecular complexity index is 1790. The monoisotopic (exact) mass is 598 g/mol. The highest BCUT2D eigenvalue weighted by Gasteiger charge is 2.47. The maximum absolute atomic E-state index is 12.7. The molecule has 3 atom stereocenters. The molecule has 0 bridgehead atoms. The zero-order chi connectivity index (χ0) is 30.7. The lowest BCUT2D eigenvalue weighted by atomic mass is 9.93. The maximum atomic E-state index is 12.7. The smallest absolute Gasteiger partial charge is 0.246 e. The van der Waals surface area contributed by atoms with Crippen LogP contribution < -0.4 is 9.64 Å². The van der Waals surface area contributed by atoms with E-state index >= 15 is 0 Å². The molecule has 1 saturated carbocycles. The van der Waals surface area contributed by atoms with Gasteiger partial charge in [-0.3, -0.25) is 9.69 Å². The van der Waals surface area contributed by atoms with Crippen molar-refractivity contribution in [2.45, 2.75) is 62.4 Å². The van der Waals surface area contributed by atoms with E-state index in [9.17, 15) is 15.3 Å². The standard InChI is InChI=1S/C37H38N6O2/c1-2-33(44)43-17-16-41(22-27(43)10-13-38)35-29-9-8-24(28-7-3-6-25-18-26-19-30(26)34(25)28)20-32(29)40-36(31(35)21-39)45-23-37-11-4-14-42(37)15-5-12-37/h2-3,6-9,20,26-27,30H,1,4-5,10-12,14-19,22-23H2/t26?,27-,30?/m0/s1. The number of hydrogen-bond donors (Lipinski definition) is 0. The van der Waals surface area contributed by atoms with Gasteiger partial charge in [0.1, 0.15) is 18.2 Å². The Morgan fingerprint density at radius 2 is 1.98 bits per heavy atom. The molecule has 3 saturated heterocycles. The van der Waals surface area contributed by atoms with Gasteiger partial charge in [0.15, 0.2) is 0 Å². The van der Waals surface area contributed by atoms with E-state index < -0.39 is 0 Å². The normalized spacial score (nSPS) is 24.4. The van der Waals surface area contributed by atoms with Gasteiger partial charge in [-0.1, -0.05) is 36.9 Å². The van der Waals surface area contributed by atoms with E-state index in [0.29, 0.717) is 43.6 Å². The number of piperazine rings is 1. The van der Waals surface area contributed by atoms with Gasteiger partial charge in [0, 0.05) is 25.0 Å². The van der Waals surface area contributed by atoms with Gasteiger partial charge in [0.2, 0.25) is 11.8 Å². The first-order valence-corrected chi connectivity index (χ1v) is 16.5. The minimum absolute atomic E-state index is 0.0192. The fourth-order valence-corrected chi connectivity index (χ4v) is 8.93. The summed E-state index contributed by atoms with van der Waals surface area (Å²) in [4.78, 5) is 24.2. The van der Waals surface area contributed by atoms with Crippen molar-refractivity contribution in [1.29, 1.82) is 10.5 Å². The first kappa shape index (κ1) is 28.1. The molecule has 8 rings (SSSR count). The number of carbonyl (C=O) groups excluding carboxylic acids is 1. The van der Waals surface area contributed by atoms with Crippen LogP contribution in [0.25, 0.3) is 22.0 Å². The van der Waals surface area contributed by atoms with Gasteiger partial charge in [-0.15, -0.1) is 0 Å². The third-order valence-corrected chi connectivity index (χ3v) is 11.2. The molecule has 1 aromatic heterocycles. The predicted octanol–water partition coefficient (Wildman–Crippen LogP) is 5.56. The van der Waals surface area contributed by atoms with E-state index in [4.69, 9.17) is 9.72 Å². The second-order valence-electron chi connectivity index (χ2n) is 13.6. The highest BCUT2D eigenvalue weighted by atomic mass is 16.5. The highest BCUT2D eigenvalue weighted by molar-refractivity contribution is 5.98. The minimum Gasteiger partial charge on any atom is -0.475 e. The number of ether oxygens (including phenoxy) is 1. The van der Waals surface area contributed by atoms with Crippen LogP contribution in [-0.2, 0) is 11.2 Å². The summed E-state index contributed by atoms with van der Waals surface area (Å²) in [5, 5.41) is 21.2. The molecule has 0 N–H and O–H groups in total. The lowest BCUT2D eigenvalue weighted by molar-refractivity contribution is -0.128. The number of pyridine rings is 1. The average molecular weight is 599 g/mol. The molecule has 2 aliphatic carbocycles. The zero-order valence-electron chi connectivity index (χ0n) is 25.7. The van der Waals surface area contributed by atoms with Crippen molar-refractivity contribution in [3.05, 3.63) is 65.7 Å². The van der Waals surface area contributed by atoms with E-state index in [1.165, 1.54) is 48.4 Å². The summed E-state index contributed by atoms with van der Waals surface area (Å²) in [5.74, 6) is 1.67. The van der Waals surface area contributed by atoms with Crippen LogP contribution >= 0.6 is 0 Å². The maximum Gasteiger partial charge on any atom is 0.246 e. The Morgan fingerprint density at radius 1 is 1.13 bits per heavy atom. The van der Waals surface area contributed by atoms with Crippen LogP contribution in [0.2, 0.25) is 0 Å². The second kappa shape index (κ2) is 10.9. The molecule has 228 valence electrons. The van der Waals surface area contributed by atoms with Crippen molar-refractivity contribution in [2.24, 2.45) is 5.92 Å². The number of nitriles is 2. The van der Waals surface area contributed by atoms with Crippen molar-refractivity contribution in [2.75, 3.05) is 44.2 Å². The molecule has 1 amide bonds. The third kappa shape index (κ3) is 4.58. The molecule has 3 aromatic rings. The molecule has 8 heteroatoms. The van der Waals surface area contributed by atoms with Crippen molar-refractivity contribution >= 4 is 22.5 Å². The molecule has 4 fully saturated rings. The number of hydrogen-bond acceptors (Lipinski definition) is 7. The van der Waals surface area contributed by atoms with Gasteiger partial charge in [0.25, 0.3) is 0 Å². The number of benzene rings is 2. The molecular weight excluding hydrogens is 560 g/mol. The number of amides is 1. The van der Waals surface area contributed by atoms with E-state index in [1.807, 2.05) is 0 Å². The van der Waals surface area contributed by atoms with Gasteiger partial charge in [-0.2, -0.15) is 10.5 Å². The fraction of sp³-hybridized carbons (Fsp3) is 0.459. The summed E-state index contributed by atoms with van der Waals surface area (Å²) in [6, 6.07) is 17.5. The molecule has 45 heavy (non-hydrogen) atoms. The third-order valence-electron chi connectivity index (χ3n) is 11.2. The Balaban J connectivity index is 1.23. The number of fused-ring (bicyclic) bond motifs is 5. The topological polar surface area (TPSA) is 96.5 Å². The second-order valence-corrected chi connectivity index (χ2v) is 13.6. The Kier molecular flexibility index (Phi) is 6.80. The van der Waals surface area contributed by atoms with Gasteiger partial charge >= 0.3 is 0 Å². The number of aromatic nitrogens is 1. The van der Waals surface area contributed by atoms with Crippen molar-refractivity contribution in [3.63, 3.8) is 0 Å². The molecule has 8 nitrogen and oxygen atoms in total. The van der Waals surface area contributed by atoms with Crippen LogP contribution in [0.1, 0.15) is 61.1 Å². The predicted molar refractivity (Wildman–Crippen MR) is 173 cm³/mol. The Labute approximate surface area is 264 Å². The Hall–Kier alpha value is -4.40. The van der Waals surface area contributed by atoms with Crippen molar-refractivity contribution < 1.29 is 9.53 Å². The van der Waals surface area contributed by atoms with Crippen LogP contribution in [0.3, 0.4) is 0 Å². The molecule has 0 spiro atoms. The van der Waals surface area contributed by atoms with Crippen LogP contribution in [-0.4, -0.2) is 71.6 Å². The van der Waals surface area contributed by atoms with Gasteiger partial charge in [-0.05, 0) is 97.8 Å². The number of nitrogens with zero attached hydrogens (tertiary/aromatic N) is 6. The fourth-order valence-electron chi connectivity index (χ4n) is 8.93. The lowest BCUT2D eigenvalue weighted by Gasteiger charge is -2.42. The highest BCUT2D eigenvalue weighted by Crippen LogP contribution is 2.58. The van der Waals surface area contributed by atoms with E-state index in [-0.39, 0.29) is 23.9 Å². The van der Waals surface area contributed by atoms with Crippen LogP contribution in [0.15, 0.2) is 49.1 Å². The van der Waals surface area contributed by atoms with Crippen LogP contribution in [0, 0.1) is 28.6 Å². The van der Waals surface area contributed by atoms with Crippen molar-refractivity contribution in [3.8, 4) is 29.1 Å². The summed E-state index contributed by atoms with van der Waals surface area (Å²) in [7, 11) is 0. The first-order chi connectivity index (χ1) is 22.0. The first-order valence-electron chi connectivity index (χ1n) is 16.5. The molecule has 2 unspecified atom stereocenters. The SMILES string of the molecule is C=CC(=O)N1CCN(c2c(C#N)c(OCC34CCCN3CCC4)nc3cc(-c4cccc5c4C4CC4C5)ccc23)C[C@@H]1CC#N. The molecule has 0 radical (unpaired) electrons. The van der Waals surface area contributed by atoms with Crippen LogP contribution in [0.4, 0.5) is 5.69 Å². The van der Waals surface area contributed by atoms with Gasteiger partial charge in [-0.25, -0.2) is 4.98 Å². The molecule has 5 aliphatic rings. The van der Waals surface area contributed by atoms with E-state index in [0.717, 1.165) is 54.0 Å².